The molecule has 3 aromatic rings. The molecular weight excluding hydrogens is 360 g/mol. The summed E-state index contributed by atoms with van der Waals surface area (Å²) in [5.41, 5.74) is 4.77. The Morgan fingerprint density at radius 3 is 2.55 bits per heavy atom. The standard InChI is InChI=1S/C24H24N4O/c1-24(2)14-18-21(20(29)15-24)22(25-17-9-4-3-5-10-17)27-23(26-18)28-13-12-16-8-6-7-11-19(16)28/h3-11H,12-15H2,1-2H3,(H,25,26,27). The molecule has 5 heteroatoms. The molecule has 0 radical (unpaired) electrons. The van der Waals surface area contributed by atoms with Crippen LogP contribution in [0.1, 0.15) is 41.9 Å². The van der Waals surface area contributed by atoms with Gasteiger partial charge >= 0.3 is 0 Å². The third-order valence-corrected chi connectivity index (χ3v) is 5.70. The van der Waals surface area contributed by atoms with Gasteiger partial charge in [0.1, 0.15) is 5.82 Å². The topological polar surface area (TPSA) is 58.1 Å². The van der Waals surface area contributed by atoms with Crippen LogP contribution in [-0.4, -0.2) is 22.3 Å². The van der Waals surface area contributed by atoms with Crippen LogP contribution in [0, 0.1) is 5.41 Å². The molecule has 0 bridgehead atoms. The first-order chi connectivity index (χ1) is 14.0. The summed E-state index contributed by atoms with van der Waals surface area (Å²) in [7, 11) is 0. The lowest BCUT2D eigenvalue weighted by Crippen LogP contribution is -2.30. The highest BCUT2D eigenvalue weighted by molar-refractivity contribution is 6.03. The Kier molecular flexibility index (Phi) is 4.12. The number of hydrogen-bond acceptors (Lipinski definition) is 5. The number of carbonyl (C=O) groups is 1. The van der Waals surface area contributed by atoms with E-state index in [-0.39, 0.29) is 11.2 Å². The van der Waals surface area contributed by atoms with Crippen molar-refractivity contribution >= 4 is 28.9 Å². The predicted octanol–water partition coefficient (Wildman–Crippen LogP) is 5.07. The van der Waals surface area contributed by atoms with Crippen LogP contribution in [0.4, 0.5) is 23.1 Å². The zero-order valence-electron chi connectivity index (χ0n) is 16.8. The summed E-state index contributed by atoms with van der Waals surface area (Å²) in [5, 5.41) is 3.38. The lowest BCUT2D eigenvalue weighted by molar-refractivity contribution is 0.0911. The number of para-hydroxylation sites is 2. The molecule has 0 amide bonds. The van der Waals surface area contributed by atoms with E-state index in [1.165, 1.54) is 5.56 Å². The smallest absolute Gasteiger partial charge is 0.232 e. The van der Waals surface area contributed by atoms with E-state index in [2.05, 4.69) is 42.3 Å². The highest BCUT2D eigenvalue weighted by Crippen LogP contribution is 2.40. The maximum atomic E-state index is 13.0. The number of Topliss-reactive ketones (excluding diaryl/α,β-unsaturated/α-hetero) is 1. The van der Waals surface area contributed by atoms with Gasteiger partial charge in [-0.3, -0.25) is 4.79 Å². The summed E-state index contributed by atoms with van der Waals surface area (Å²) >= 11 is 0. The highest BCUT2D eigenvalue weighted by Gasteiger charge is 2.36. The van der Waals surface area contributed by atoms with Gasteiger partial charge in [0.25, 0.3) is 0 Å². The number of fused-ring (bicyclic) bond motifs is 2. The van der Waals surface area contributed by atoms with Crippen molar-refractivity contribution in [2.24, 2.45) is 5.41 Å². The van der Waals surface area contributed by atoms with Crippen molar-refractivity contribution in [3.63, 3.8) is 0 Å². The average molecular weight is 384 g/mol. The van der Waals surface area contributed by atoms with Crippen molar-refractivity contribution in [3.05, 3.63) is 71.4 Å². The number of nitrogens with one attached hydrogen (secondary N) is 1. The lowest BCUT2D eigenvalue weighted by Gasteiger charge is -2.31. The van der Waals surface area contributed by atoms with Gasteiger partial charge in [0.2, 0.25) is 5.95 Å². The van der Waals surface area contributed by atoms with E-state index >= 15 is 0 Å². The predicted molar refractivity (Wildman–Crippen MR) is 115 cm³/mol. The highest BCUT2D eigenvalue weighted by atomic mass is 16.1. The zero-order chi connectivity index (χ0) is 20.0. The number of anilines is 4. The molecule has 29 heavy (non-hydrogen) atoms. The number of hydrogen-bond donors (Lipinski definition) is 1. The third-order valence-electron chi connectivity index (χ3n) is 5.70. The van der Waals surface area contributed by atoms with E-state index in [1.54, 1.807) is 0 Å². The Balaban J connectivity index is 1.64. The second-order valence-corrected chi connectivity index (χ2v) is 8.66. The van der Waals surface area contributed by atoms with Gasteiger partial charge in [-0.15, -0.1) is 0 Å². The molecule has 5 nitrogen and oxygen atoms in total. The fourth-order valence-corrected chi connectivity index (χ4v) is 4.37. The minimum absolute atomic E-state index is 0.0946. The summed E-state index contributed by atoms with van der Waals surface area (Å²) in [4.78, 5) is 24.9. The average Bonchev–Trinajstić information content (AvgIpc) is 3.11. The van der Waals surface area contributed by atoms with E-state index in [4.69, 9.17) is 9.97 Å². The second kappa shape index (κ2) is 6.69. The summed E-state index contributed by atoms with van der Waals surface area (Å²) < 4.78 is 0. The largest absolute Gasteiger partial charge is 0.339 e. The van der Waals surface area contributed by atoms with Crippen molar-refractivity contribution in [2.45, 2.75) is 33.1 Å². The van der Waals surface area contributed by atoms with E-state index in [0.717, 1.165) is 36.5 Å². The minimum atomic E-state index is -0.0946. The molecule has 0 saturated carbocycles. The van der Waals surface area contributed by atoms with Crippen LogP contribution in [0.3, 0.4) is 0 Å². The summed E-state index contributed by atoms with van der Waals surface area (Å²) in [5.74, 6) is 1.39. The fourth-order valence-electron chi connectivity index (χ4n) is 4.37. The van der Waals surface area contributed by atoms with Crippen molar-refractivity contribution in [1.82, 2.24) is 9.97 Å². The number of carbonyl (C=O) groups excluding carboxylic acids is 1. The van der Waals surface area contributed by atoms with Gasteiger partial charge in [0.15, 0.2) is 5.78 Å². The number of ketones is 1. The third kappa shape index (κ3) is 3.27. The summed E-state index contributed by atoms with van der Waals surface area (Å²) in [6.45, 7) is 5.11. The Labute approximate surface area is 170 Å². The molecule has 146 valence electrons. The van der Waals surface area contributed by atoms with Crippen molar-refractivity contribution < 1.29 is 4.79 Å². The SMILES string of the molecule is CC1(C)CC(=O)c2c(nc(N3CCc4ccccc43)nc2Nc2ccccc2)C1. The van der Waals surface area contributed by atoms with Crippen LogP contribution in [0.25, 0.3) is 0 Å². The molecule has 2 aromatic carbocycles. The Hall–Kier alpha value is -3.21. The molecule has 0 spiro atoms. The molecule has 0 unspecified atom stereocenters. The Morgan fingerprint density at radius 1 is 0.966 bits per heavy atom. The van der Waals surface area contributed by atoms with Crippen LogP contribution in [0.2, 0.25) is 0 Å². The molecular formula is C24H24N4O. The van der Waals surface area contributed by atoms with Crippen LogP contribution in [0.5, 0.6) is 0 Å². The molecule has 0 atom stereocenters. The van der Waals surface area contributed by atoms with Gasteiger partial charge in [0, 0.05) is 24.3 Å². The maximum absolute atomic E-state index is 13.0. The van der Waals surface area contributed by atoms with Gasteiger partial charge in [-0.05, 0) is 42.0 Å². The monoisotopic (exact) mass is 384 g/mol. The van der Waals surface area contributed by atoms with Crippen molar-refractivity contribution in [2.75, 3.05) is 16.8 Å². The zero-order valence-corrected chi connectivity index (χ0v) is 16.8. The van der Waals surface area contributed by atoms with Gasteiger partial charge in [-0.2, -0.15) is 4.98 Å². The maximum Gasteiger partial charge on any atom is 0.232 e. The number of aromatic nitrogens is 2. The van der Waals surface area contributed by atoms with Gasteiger partial charge < -0.3 is 10.2 Å². The Bertz CT molecular complexity index is 1090. The van der Waals surface area contributed by atoms with E-state index in [9.17, 15) is 4.79 Å². The van der Waals surface area contributed by atoms with Gasteiger partial charge in [0.05, 0.1) is 11.3 Å². The minimum Gasteiger partial charge on any atom is -0.339 e. The summed E-state index contributed by atoms with van der Waals surface area (Å²) in [6, 6.07) is 18.3. The van der Waals surface area contributed by atoms with Crippen molar-refractivity contribution in [1.29, 1.82) is 0 Å². The first kappa shape index (κ1) is 17.9. The molecule has 1 aromatic heterocycles. The number of rotatable bonds is 3. The first-order valence-electron chi connectivity index (χ1n) is 10.1. The normalized spacial score (nSPS) is 17.0. The fraction of sp³-hybridized carbons (Fsp3) is 0.292. The number of nitrogens with zero attached hydrogens (tertiary/aromatic N) is 3. The molecule has 0 fully saturated rings. The van der Waals surface area contributed by atoms with Crippen LogP contribution >= 0.6 is 0 Å². The molecule has 1 aliphatic heterocycles. The second-order valence-electron chi connectivity index (χ2n) is 8.66. The van der Waals surface area contributed by atoms with Crippen LogP contribution in [-0.2, 0) is 12.8 Å². The molecule has 1 aliphatic carbocycles. The quantitative estimate of drug-likeness (QED) is 0.683. The van der Waals surface area contributed by atoms with Crippen molar-refractivity contribution in [3.8, 4) is 0 Å². The van der Waals surface area contributed by atoms with Crippen LogP contribution < -0.4 is 10.2 Å². The molecule has 2 aliphatic rings. The molecule has 0 saturated heterocycles. The lowest BCUT2D eigenvalue weighted by atomic mass is 9.75. The van der Waals surface area contributed by atoms with E-state index in [0.29, 0.717) is 23.8 Å². The van der Waals surface area contributed by atoms with E-state index in [1.807, 2.05) is 36.4 Å². The first-order valence-corrected chi connectivity index (χ1v) is 10.1. The number of benzene rings is 2. The van der Waals surface area contributed by atoms with Gasteiger partial charge in [-0.25, -0.2) is 4.98 Å². The molecule has 5 rings (SSSR count). The van der Waals surface area contributed by atoms with Crippen LogP contribution in [0.15, 0.2) is 54.6 Å². The Morgan fingerprint density at radius 2 is 1.72 bits per heavy atom. The summed E-state index contributed by atoms with van der Waals surface area (Å²) in [6.07, 6.45) is 2.25. The molecule has 1 N–H and O–H groups in total. The van der Waals surface area contributed by atoms with Gasteiger partial charge in [-0.1, -0.05) is 50.2 Å². The molecule has 2 heterocycles. The van der Waals surface area contributed by atoms with E-state index < -0.39 is 0 Å².